The fourth-order valence-corrected chi connectivity index (χ4v) is 3.89. The van der Waals surface area contributed by atoms with E-state index in [1.807, 2.05) is 37.3 Å². The molecule has 2 heterocycles. The summed E-state index contributed by atoms with van der Waals surface area (Å²) in [4.78, 5) is 27.0. The number of aromatic nitrogens is 2. The Balaban J connectivity index is 1.40. The van der Waals surface area contributed by atoms with Crippen LogP contribution in [0.5, 0.6) is 0 Å². The summed E-state index contributed by atoms with van der Waals surface area (Å²) in [5.41, 5.74) is 1.15. The van der Waals surface area contributed by atoms with E-state index in [0.717, 1.165) is 5.56 Å². The minimum Gasteiger partial charge on any atom is -0.355 e. The molecule has 2 aromatic carbocycles. The van der Waals surface area contributed by atoms with Crippen molar-refractivity contribution in [3.8, 4) is 5.69 Å². The minimum atomic E-state index is -0.423. The van der Waals surface area contributed by atoms with Gasteiger partial charge in [0.1, 0.15) is 11.6 Å². The molecule has 0 bridgehead atoms. The number of rotatable bonds is 5. The molecule has 1 saturated heterocycles. The van der Waals surface area contributed by atoms with Gasteiger partial charge in [0, 0.05) is 25.1 Å². The summed E-state index contributed by atoms with van der Waals surface area (Å²) in [6, 6.07) is 18.8. The van der Waals surface area contributed by atoms with Crippen LogP contribution in [0, 0.1) is 11.7 Å². The lowest BCUT2D eigenvalue weighted by atomic mass is 9.95. The van der Waals surface area contributed by atoms with Gasteiger partial charge in [-0.3, -0.25) is 9.59 Å². The van der Waals surface area contributed by atoms with Crippen molar-refractivity contribution in [1.29, 1.82) is 0 Å². The van der Waals surface area contributed by atoms with Crippen LogP contribution in [0.2, 0.25) is 0 Å². The Morgan fingerprint density at radius 2 is 1.81 bits per heavy atom. The summed E-state index contributed by atoms with van der Waals surface area (Å²) in [6.45, 7) is 3.31. The maximum atomic E-state index is 13.6. The Morgan fingerprint density at radius 1 is 1.06 bits per heavy atom. The van der Waals surface area contributed by atoms with Crippen molar-refractivity contribution in [2.24, 2.45) is 5.92 Å². The second-order valence-corrected chi connectivity index (χ2v) is 7.82. The Morgan fingerprint density at radius 3 is 2.52 bits per heavy atom. The summed E-state index contributed by atoms with van der Waals surface area (Å²) in [5, 5.41) is 7.54. The molecule has 0 saturated carbocycles. The number of hydrogen-bond donors (Lipinski definition) is 1. The molecular formula is C24H25FN4O2. The molecule has 1 fully saturated rings. The highest BCUT2D eigenvalue weighted by molar-refractivity contribution is 5.79. The molecule has 6 nitrogen and oxygen atoms in total. The van der Waals surface area contributed by atoms with Crippen molar-refractivity contribution in [2.45, 2.75) is 25.8 Å². The molecule has 1 unspecified atom stereocenters. The van der Waals surface area contributed by atoms with Gasteiger partial charge in [-0.15, -0.1) is 5.10 Å². The van der Waals surface area contributed by atoms with Crippen LogP contribution < -0.4 is 15.8 Å². The Kier molecular flexibility index (Phi) is 6.11. The fourth-order valence-electron chi connectivity index (χ4n) is 3.89. The molecule has 1 N–H and O–H groups in total. The first-order valence-electron chi connectivity index (χ1n) is 10.5. The second-order valence-electron chi connectivity index (χ2n) is 7.82. The van der Waals surface area contributed by atoms with Crippen molar-refractivity contribution >= 4 is 11.7 Å². The van der Waals surface area contributed by atoms with E-state index in [9.17, 15) is 14.0 Å². The molecule has 4 rings (SSSR count). The predicted molar refractivity (Wildman–Crippen MR) is 118 cm³/mol. The first-order chi connectivity index (χ1) is 15.0. The van der Waals surface area contributed by atoms with Crippen LogP contribution in [-0.4, -0.2) is 28.8 Å². The third-order valence-electron chi connectivity index (χ3n) is 5.69. The molecule has 7 heteroatoms. The fraction of sp³-hybridized carbons (Fsp3) is 0.292. The van der Waals surface area contributed by atoms with Gasteiger partial charge in [0.05, 0.1) is 11.7 Å². The van der Waals surface area contributed by atoms with E-state index in [4.69, 9.17) is 0 Å². The Hall–Kier alpha value is -3.48. The van der Waals surface area contributed by atoms with Crippen molar-refractivity contribution < 1.29 is 9.18 Å². The van der Waals surface area contributed by atoms with Crippen LogP contribution >= 0.6 is 0 Å². The molecule has 3 aromatic rings. The van der Waals surface area contributed by atoms with Crippen molar-refractivity contribution in [3.63, 3.8) is 0 Å². The van der Waals surface area contributed by atoms with E-state index < -0.39 is 5.82 Å². The first-order valence-corrected chi connectivity index (χ1v) is 10.5. The monoisotopic (exact) mass is 420 g/mol. The van der Waals surface area contributed by atoms with Gasteiger partial charge in [0.25, 0.3) is 5.56 Å². The van der Waals surface area contributed by atoms with E-state index in [1.54, 1.807) is 18.2 Å². The summed E-state index contributed by atoms with van der Waals surface area (Å²) < 4.78 is 14.8. The summed E-state index contributed by atoms with van der Waals surface area (Å²) >= 11 is 0. The standard InChI is InChI=1S/C24H25FN4O2/c1-17(18-6-3-2-4-7-18)26-24(31)19-12-14-28(15-13-19)22-10-11-23(30)29(27-22)21-9-5-8-20(25)16-21/h2-11,16-17,19H,12-15H2,1H3,(H,26,31). The van der Waals surface area contributed by atoms with Crippen LogP contribution in [0.4, 0.5) is 10.2 Å². The maximum absolute atomic E-state index is 13.6. The number of carbonyl (C=O) groups excluding carboxylic acids is 1. The van der Waals surface area contributed by atoms with Crippen molar-refractivity contribution in [1.82, 2.24) is 15.1 Å². The van der Waals surface area contributed by atoms with Crippen LogP contribution in [0.1, 0.15) is 31.4 Å². The number of nitrogens with zero attached hydrogens (tertiary/aromatic N) is 3. The Bertz CT molecular complexity index is 1110. The third kappa shape index (κ3) is 4.82. The molecule has 0 aliphatic carbocycles. The zero-order chi connectivity index (χ0) is 21.8. The average molecular weight is 420 g/mol. The topological polar surface area (TPSA) is 67.2 Å². The van der Waals surface area contributed by atoms with Crippen LogP contribution in [0.25, 0.3) is 5.69 Å². The lowest BCUT2D eigenvalue weighted by molar-refractivity contribution is -0.126. The number of halogens is 1. The predicted octanol–water partition coefficient (Wildman–Crippen LogP) is 3.47. The molecule has 1 aliphatic rings. The number of anilines is 1. The van der Waals surface area contributed by atoms with Gasteiger partial charge in [0.2, 0.25) is 5.91 Å². The molecule has 0 spiro atoms. The lowest BCUT2D eigenvalue weighted by Crippen LogP contribution is -2.42. The number of carbonyl (C=O) groups is 1. The van der Waals surface area contributed by atoms with E-state index in [1.165, 1.54) is 22.9 Å². The van der Waals surface area contributed by atoms with E-state index in [2.05, 4.69) is 15.3 Å². The van der Waals surface area contributed by atoms with Crippen molar-refractivity contribution in [2.75, 3.05) is 18.0 Å². The van der Waals surface area contributed by atoms with Gasteiger partial charge >= 0.3 is 0 Å². The minimum absolute atomic E-state index is 0.0387. The molecular weight excluding hydrogens is 395 g/mol. The average Bonchev–Trinajstić information content (AvgIpc) is 2.80. The van der Waals surface area contributed by atoms with Gasteiger partial charge in [-0.1, -0.05) is 36.4 Å². The number of benzene rings is 2. The number of hydrogen-bond acceptors (Lipinski definition) is 4. The van der Waals surface area contributed by atoms with Gasteiger partial charge in [0.15, 0.2) is 0 Å². The molecule has 1 atom stereocenters. The van der Waals surface area contributed by atoms with Gasteiger partial charge in [-0.2, -0.15) is 4.68 Å². The van der Waals surface area contributed by atoms with Crippen LogP contribution in [0.3, 0.4) is 0 Å². The van der Waals surface area contributed by atoms with Gasteiger partial charge in [-0.25, -0.2) is 4.39 Å². The number of piperidine rings is 1. The quantitative estimate of drug-likeness (QED) is 0.686. The molecule has 1 amide bonds. The summed E-state index contributed by atoms with van der Waals surface area (Å²) in [6.07, 6.45) is 1.40. The SMILES string of the molecule is CC(NC(=O)C1CCN(c2ccc(=O)n(-c3cccc(F)c3)n2)CC1)c1ccccc1. The van der Waals surface area contributed by atoms with Crippen LogP contribution in [-0.2, 0) is 4.79 Å². The number of amides is 1. The normalized spacial score (nSPS) is 15.5. The maximum Gasteiger partial charge on any atom is 0.271 e. The zero-order valence-corrected chi connectivity index (χ0v) is 17.4. The van der Waals surface area contributed by atoms with Gasteiger partial charge in [-0.05, 0) is 49.6 Å². The lowest BCUT2D eigenvalue weighted by Gasteiger charge is -2.32. The molecule has 1 aromatic heterocycles. The highest BCUT2D eigenvalue weighted by Crippen LogP contribution is 2.23. The zero-order valence-electron chi connectivity index (χ0n) is 17.4. The largest absolute Gasteiger partial charge is 0.355 e. The smallest absolute Gasteiger partial charge is 0.271 e. The van der Waals surface area contributed by atoms with Crippen molar-refractivity contribution in [3.05, 3.63) is 88.5 Å². The Labute approximate surface area is 180 Å². The summed E-state index contributed by atoms with van der Waals surface area (Å²) in [7, 11) is 0. The van der Waals surface area contributed by atoms with E-state index >= 15 is 0 Å². The summed E-state index contributed by atoms with van der Waals surface area (Å²) in [5.74, 6) is 0.221. The molecule has 31 heavy (non-hydrogen) atoms. The number of nitrogens with one attached hydrogen (secondary N) is 1. The van der Waals surface area contributed by atoms with Crippen LogP contribution in [0.15, 0.2) is 71.5 Å². The third-order valence-corrected chi connectivity index (χ3v) is 5.69. The van der Waals surface area contributed by atoms with E-state index in [0.29, 0.717) is 37.4 Å². The highest BCUT2D eigenvalue weighted by Gasteiger charge is 2.27. The second kappa shape index (κ2) is 9.12. The molecule has 0 radical (unpaired) electrons. The van der Waals surface area contributed by atoms with E-state index in [-0.39, 0.29) is 23.4 Å². The van der Waals surface area contributed by atoms with Gasteiger partial charge < -0.3 is 10.2 Å². The molecule has 1 aliphatic heterocycles. The highest BCUT2D eigenvalue weighted by atomic mass is 19.1. The molecule has 160 valence electrons. The first kappa shape index (κ1) is 20.8.